The molecule has 1 aromatic carbocycles. The third-order valence-corrected chi connectivity index (χ3v) is 4.27. The molecule has 110 valence electrons. The van der Waals surface area contributed by atoms with Crippen LogP contribution in [0.5, 0.6) is 0 Å². The molecule has 2 N–H and O–H groups in total. The molecular formula is C13H11FN2O4S. The third kappa shape index (κ3) is 3.16. The maximum Gasteiger partial charge on any atom is 0.335 e. The van der Waals surface area contributed by atoms with Gasteiger partial charge in [0.2, 0.25) is 0 Å². The summed E-state index contributed by atoms with van der Waals surface area (Å²) in [7, 11) is -4.01. The van der Waals surface area contributed by atoms with Gasteiger partial charge in [0.1, 0.15) is 11.6 Å². The van der Waals surface area contributed by atoms with E-state index in [1.165, 1.54) is 31.2 Å². The molecule has 0 bridgehead atoms. The lowest BCUT2D eigenvalue weighted by atomic mass is 10.1. The molecule has 8 heteroatoms. The normalized spacial score (nSPS) is 11.1. The van der Waals surface area contributed by atoms with Gasteiger partial charge in [0.25, 0.3) is 10.0 Å². The molecule has 1 aromatic heterocycles. The predicted octanol–water partition coefficient (Wildman–Crippen LogP) is 2.03. The molecule has 6 nitrogen and oxygen atoms in total. The number of carboxylic acids is 1. The molecule has 0 unspecified atom stereocenters. The second kappa shape index (κ2) is 5.49. The van der Waals surface area contributed by atoms with Crippen LogP contribution in [0.4, 0.5) is 10.2 Å². The monoisotopic (exact) mass is 310 g/mol. The highest BCUT2D eigenvalue weighted by Crippen LogP contribution is 2.21. The van der Waals surface area contributed by atoms with Gasteiger partial charge in [-0.1, -0.05) is 6.07 Å². The number of carbonyl (C=O) groups is 1. The summed E-state index contributed by atoms with van der Waals surface area (Å²) < 4.78 is 39.4. The zero-order valence-corrected chi connectivity index (χ0v) is 11.7. The smallest absolute Gasteiger partial charge is 0.335 e. The van der Waals surface area contributed by atoms with Crippen molar-refractivity contribution in [3.63, 3.8) is 0 Å². The number of aromatic nitrogens is 1. The highest BCUT2D eigenvalue weighted by molar-refractivity contribution is 7.92. The molecule has 2 rings (SSSR count). The van der Waals surface area contributed by atoms with Crippen LogP contribution in [0.2, 0.25) is 0 Å². The Bertz CT molecular complexity index is 788. The number of rotatable bonds is 4. The van der Waals surface area contributed by atoms with Crippen LogP contribution in [0.1, 0.15) is 15.9 Å². The molecule has 0 spiro atoms. The van der Waals surface area contributed by atoms with Gasteiger partial charge in [-0.3, -0.25) is 4.72 Å². The zero-order chi connectivity index (χ0) is 15.6. The highest BCUT2D eigenvalue weighted by atomic mass is 32.2. The van der Waals surface area contributed by atoms with Gasteiger partial charge in [-0.15, -0.1) is 0 Å². The first kappa shape index (κ1) is 14.9. The second-order valence-electron chi connectivity index (χ2n) is 4.20. The molecule has 0 radical (unpaired) electrons. The number of hydrogen-bond donors (Lipinski definition) is 2. The fourth-order valence-corrected chi connectivity index (χ4v) is 3.04. The van der Waals surface area contributed by atoms with E-state index in [-0.39, 0.29) is 21.8 Å². The van der Waals surface area contributed by atoms with Crippen molar-refractivity contribution >= 4 is 21.8 Å². The zero-order valence-electron chi connectivity index (χ0n) is 10.9. The van der Waals surface area contributed by atoms with Crippen LogP contribution >= 0.6 is 0 Å². The van der Waals surface area contributed by atoms with Crippen molar-refractivity contribution in [3.8, 4) is 0 Å². The summed E-state index contributed by atoms with van der Waals surface area (Å²) in [6.07, 6.45) is 0.873. The molecule has 2 aromatic rings. The van der Waals surface area contributed by atoms with E-state index in [1.54, 1.807) is 0 Å². The lowest BCUT2D eigenvalue weighted by molar-refractivity contribution is 0.0696. The molecule has 0 atom stereocenters. The van der Waals surface area contributed by atoms with Gasteiger partial charge in [-0.25, -0.2) is 22.6 Å². The molecule has 21 heavy (non-hydrogen) atoms. The Labute approximate surface area is 120 Å². The van der Waals surface area contributed by atoms with Gasteiger partial charge < -0.3 is 5.11 Å². The number of sulfonamides is 1. The lowest BCUT2D eigenvalue weighted by Crippen LogP contribution is -2.16. The quantitative estimate of drug-likeness (QED) is 0.900. The van der Waals surface area contributed by atoms with Gasteiger partial charge in [0, 0.05) is 0 Å². The van der Waals surface area contributed by atoms with E-state index in [1.807, 2.05) is 0 Å². The highest BCUT2D eigenvalue weighted by Gasteiger charge is 2.21. The van der Waals surface area contributed by atoms with E-state index in [0.29, 0.717) is 0 Å². The standard InChI is InChI=1S/C13H11FN2O4S/c1-8-10(13(17)18)3-2-4-11(8)21(19,20)16-12-6-5-9(14)7-15-12/h2-7H,1H3,(H,15,16)(H,17,18). The summed E-state index contributed by atoms with van der Waals surface area (Å²) in [6.45, 7) is 1.40. The Morgan fingerprint density at radius 3 is 2.57 bits per heavy atom. The van der Waals surface area contributed by atoms with Crippen molar-refractivity contribution in [2.45, 2.75) is 11.8 Å². The minimum atomic E-state index is -4.01. The molecule has 0 aliphatic rings. The number of nitrogens with zero attached hydrogens (tertiary/aromatic N) is 1. The first-order valence-electron chi connectivity index (χ1n) is 5.78. The van der Waals surface area contributed by atoms with Gasteiger partial charge >= 0.3 is 5.97 Å². The molecular weight excluding hydrogens is 299 g/mol. The average molecular weight is 310 g/mol. The molecule has 0 aliphatic carbocycles. The van der Waals surface area contributed by atoms with Crippen LogP contribution in [0.25, 0.3) is 0 Å². The lowest BCUT2D eigenvalue weighted by Gasteiger charge is -2.11. The van der Waals surface area contributed by atoms with Crippen molar-refractivity contribution in [3.05, 3.63) is 53.5 Å². The Morgan fingerprint density at radius 2 is 2.00 bits per heavy atom. The summed E-state index contributed by atoms with van der Waals surface area (Å²) >= 11 is 0. The minimum Gasteiger partial charge on any atom is -0.478 e. The van der Waals surface area contributed by atoms with E-state index in [9.17, 15) is 17.6 Å². The second-order valence-corrected chi connectivity index (χ2v) is 5.85. The Hall–Kier alpha value is -2.48. The van der Waals surface area contributed by atoms with E-state index >= 15 is 0 Å². The van der Waals surface area contributed by atoms with Gasteiger partial charge in [0.15, 0.2) is 0 Å². The summed E-state index contributed by atoms with van der Waals surface area (Å²) in [6, 6.07) is 6.16. The maximum atomic E-state index is 12.7. The largest absolute Gasteiger partial charge is 0.478 e. The maximum absolute atomic E-state index is 12.7. The van der Waals surface area contributed by atoms with Crippen molar-refractivity contribution in [1.82, 2.24) is 4.98 Å². The van der Waals surface area contributed by atoms with Gasteiger partial charge in [0.05, 0.1) is 16.7 Å². The molecule has 0 fully saturated rings. The van der Waals surface area contributed by atoms with E-state index in [0.717, 1.165) is 12.3 Å². The number of anilines is 1. The first-order chi connectivity index (χ1) is 9.81. The Kier molecular flexibility index (Phi) is 3.90. The van der Waals surface area contributed by atoms with Crippen LogP contribution < -0.4 is 4.72 Å². The number of hydrogen-bond acceptors (Lipinski definition) is 4. The SMILES string of the molecule is Cc1c(C(=O)O)cccc1S(=O)(=O)Nc1ccc(F)cn1. The number of nitrogens with one attached hydrogen (secondary N) is 1. The van der Waals surface area contributed by atoms with Gasteiger partial charge in [-0.05, 0) is 36.8 Å². The topological polar surface area (TPSA) is 96.4 Å². The van der Waals surface area contributed by atoms with Gasteiger partial charge in [-0.2, -0.15) is 0 Å². The molecule has 0 saturated carbocycles. The van der Waals surface area contributed by atoms with Crippen LogP contribution in [-0.4, -0.2) is 24.5 Å². The van der Waals surface area contributed by atoms with Crippen molar-refractivity contribution in [2.24, 2.45) is 0 Å². The predicted molar refractivity (Wildman–Crippen MR) is 73.1 cm³/mol. The molecule has 0 amide bonds. The first-order valence-corrected chi connectivity index (χ1v) is 7.27. The Balaban J connectivity index is 2.42. The van der Waals surface area contributed by atoms with Crippen molar-refractivity contribution in [2.75, 3.05) is 4.72 Å². The van der Waals surface area contributed by atoms with Crippen LogP contribution in [0.3, 0.4) is 0 Å². The fraction of sp³-hybridized carbons (Fsp3) is 0.0769. The summed E-state index contributed by atoms with van der Waals surface area (Å²) in [5.74, 6) is -1.87. The van der Waals surface area contributed by atoms with E-state index in [2.05, 4.69) is 9.71 Å². The summed E-state index contributed by atoms with van der Waals surface area (Å²) in [5, 5.41) is 9.01. The van der Waals surface area contributed by atoms with E-state index < -0.39 is 21.8 Å². The van der Waals surface area contributed by atoms with E-state index in [4.69, 9.17) is 5.11 Å². The number of benzene rings is 1. The average Bonchev–Trinajstić information content (AvgIpc) is 2.41. The fourth-order valence-electron chi connectivity index (χ4n) is 1.77. The Morgan fingerprint density at radius 1 is 1.29 bits per heavy atom. The third-order valence-electron chi connectivity index (χ3n) is 2.77. The van der Waals surface area contributed by atoms with Crippen LogP contribution in [0.15, 0.2) is 41.4 Å². The summed E-state index contributed by atoms with van der Waals surface area (Å²) in [4.78, 5) is 14.4. The molecule has 1 heterocycles. The number of pyridine rings is 1. The van der Waals surface area contributed by atoms with Crippen molar-refractivity contribution in [1.29, 1.82) is 0 Å². The minimum absolute atomic E-state index is 0.0588. The van der Waals surface area contributed by atoms with Crippen molar-refractivity contribution < 1.29 is 22.7 Å². The molecule has 0 saturated heterocycles. The van der Waals surface area contributed by atoms with Crippen LogP contribution in [0, 0.1) is 12.7 Å². The number of aromatic carboxylic acids is 1. The number of carboxylic acid groups (broad SMARTS) is 1. The molecule has 0 aliphatic heterocycles. The summed E-state index contributed by atoms with van der Waals surface area (Å²) in [5.41, 5.74) is 0.00421. The number of halogens is 1. The van der Waals surface area contributed by atoms with Crippen LogP contribution in [-0.2, 0) is 10.0 Å².